The number of halogens is 1. The Morgan fingerprint density at radius 3 is 2.38 bits per heavy atom. The summed E-state index contributed by atoms with van der Waals surface area (Å²) in [6.45, 7) is 9.05. The molecule has 2 aromatic carbocycles. The molecule has 0 aliphatic rings. The molecule has 5 nitrogen and oxygen atoms in total. The maximum atomic E-state index is 12.5. The van der Waals surface area contributed by atoms with Gasteiger partial charge in [0.15, 0.2) is 11.0 Å². The summed E-state index contributed by atoms with van der Waals surface area (Å²) in [5.74, 6) is 1.41. The Kier molecular flexibility index (Phi) is 6.98. The van der Waals surface area contributed by atoms with Crippen LogP contribution in [0.15, 0.2) is 47.6 Å². The summed E-state index contributed by atoms with van der Waals surface area (Å²) < 4.78 is 2.07. The number of carbonyl (C=O) groups is 1. The van der Waals surface area contributed by atoms with Crippen LogP contribution < -0.4 is 5.32 Å². The van der Waals surface area contributed by atoms with Gasteiger partial charge in [-0.1, -0.05) is 55.4 Å². The van der Waals surface area contributed by atoms with E-state index in [1.165, 1.54) is 11.8 Å². The maximum absolute atomic E-state index is 12.5. The van der Waals surface area contributed by atoms with Gasteiger partial charge in [0.1, 0.15) is 0 Å². The molecule has 1 heterocycles. The van der Waals surface area contributed by atoms with Crippen LogP contribution in [0.2, 0.25) is 5.02 Å². The number of anilines is 1. The summed E-state index contributed by atoms with van der Waals surface area (Å²) >= 11 is 7.41. The third-order valence-electron chi connectivity index (χ3n) is 4.44. The van der Waals surface area contributed by atoms with Gasteiger partial charge in [0.2, 0.25) is 5.91 Å². The van der Waals surface area contributed by atoms with Crippen LogP contribution in [0.4, 0.5) is 5.69 Å². The Balaban J connectivity index is 1.76. The lowest BCUT2D eigenvalue weighted by atomic mass is 10.1. The lowest BCUT2D eigenvalue weighted by molar-refractivity contribution is -0.113. The van der Waals surface area contributed by atoms with Gasteiger partial charge in [-0.15, -0.1) is 10.2 Å². The van der Waals surface area contributed by atoms with Crippen LogP contribution in [0.1, 0.15) is 25.0 Å². The second kappa shape index (κ2) is 9.46. The predicted octanol–water partition coefficient (Wildman–Crippen LogP) is 5.60. The highest BCUT2D eigenvalue weighted by atomic mass is 35.5. The van der Waals surface area contributed by atoms with Crippen molar-refractivity contribution >= 4 is 35.0 Å². The van der Waals surface area contributed by atoms with E-state index in [0.717, 1.165) is 39.9 Å². The van der Waals surface area contributed by atoms with E-state index in [2.05, 4.69) is 33.9 Å². The molecule has 152 valence electrons. The largest absolute Gasteiger partial charge is 0.325 e. The molecule has 3 rings (SSSR count). The first kappa shape index (κ1) is 21.4. The molecule has 0 saturated heterocycles. The number of thioether (sulfide) groups is 1. The Labute approximate surface area is 180 Å². The number of nitrogens with zero attached hydrogens (tertiary/aromatic N) is 3. The van der Waals surface area contributed by atoms with Crippen molar-refractivity contribution < 1.29 is 4.79 Å². The average molecular weight is 429 g/mol. The zero-order valence-electron chi connectivity index (χ0n) is 17.1. The van der Waals surface area contributed by atoms with Gasteiger partial charge in [0.25, 0.3) is 0 Å². The molecule has 0 aliphatic heterocycles. The van der Waals surface area contributed by atoms with E-state index in [4.69, 9.17) is 11.6 Å². The lowest BCUT2D eigenvalue weighted by Gasteiger charge is -2.13. The fourth-order valence-electron chi connectivity index (χ4n) is 3.05. The summed E-state index contributed by atoms with van der Waals surface area (Å²) in [5, 5.41) is 13.2. The minimum Gasteiger partial charge on any atom is -0.325 e. The van der Waals surface area contributed by atoms with Gasteiger partial charge >= 0.3 is 0 Å². The van der Waals surface area contributed by atoms with E-state index < -0.39 is 0 Å². The molecular weight excluding hydrogens is 404 g/mol. The molecular formula is C22H25ClN4OS. The normalized spacial score (nSPS) is 11.1. The molecule has 0 aliphatic carbocycles. The van der Waals surface area contributed by atoms with Crippen LogP contribution in [0, 0.1) is 19.8 Å². The number of rotatable bonds is 7. The van der Waals surface area contributed by atoms with Crippen molar-refractivity contribution in [2.75, 3.05) is 11.1 Å². The Hall–Kier alpha value is -2.31. The van der Waals surface area contributed by atoms with Crippen molar-refractivity contribution in [3.63, 3.8) is 0 Å². The zero-order chi connectivity index (χ0) is 21.0. The zero-order valence-corrected chi connectivity index (χ0v) is 18.6. The molecule has 0 fully saturated rings. The topological polar surface area (TPSA) is 59.8 Å². The third kappa shape index (κ3) is 5.40. The molecule has 0 spiro atoms. The Morgan fingerprint density at radius 1 is 1.10 bits per heavy atom. The molecule has 1 aromatic heterocycles. The van der Waals surface area contributed by atoms with Crippen molar-refractivity contribution in [1.82, 2.24) is 14.8 Å². The molecule has 0 atom stereocenters. The first-order chi connectivity index (χ1) is 13.8. The summed E-state index contributed by atoms with van der Waals surface area (Å²) in [4.78, 5) is 12.5. The van der Waals surface area contributed by atoms with Gasteiger partial charge in [-0.05, 0) is 55.2 Å². The van der Waals surface area contributed by atoms with Crippen LogP contribution in [0.25, 0.3) is 11.4 Å². The molecule has 0 bridgehead atoms. The fourth-order valence-corrected chi connectivity index (χ4v) is 3.93. The SMILES string of the molecule is Cc1cccc(C)c1NC(=O)CSc1nnc(-c2ccc(Cl)cc2)n1CC(C)C. The smallest absolute Gasteiger partial charge is 0.234 e. The van der Waals surface area contributed by atoms with Crippen molar-refractivity contribution in [3.05, 3.63) is 58.6 Å². The van der Waals surface area contributed by atoms with Crippen molar-refractivity contribution in [2.45, 2.75) is 39.4 Å². The predicted molar refractivity (Wildman–Crippen MR) is 121 cm³/mol. The number of nitrogens with one attached hydrogen (secondary N) is 1. The van der Waals surface area contributed by atoms with Gasteiger partial charge in [0, 0.05) is 22.8 Å². The van der Waals surface area contributed by atoms with Crippen LogP contribution in [0.3, 0.4) is 0 Å². The van der Waals surface area contributed by atoms with Gasteiger partial charge in [-0.2, -0.15) is 0 Å². The fraction of sp³-hybridized carbons (Fsp3) is 0.318. The number of aryl methyl sites for hydroxylation is 2. The molecule has 0 unspecified atom stereocenters. The highest BCUT2D eigenvalue weighted by Crippen LogP contribution is 2.27. The van der Waals surface area contributed by atoms with Crippen molar-refractivity contribution in [3.8, 4) is 11.4 Å². The lowest BCUT2D eigenvalue weighted by Crippen LogP contribution is -2.16. The van der Waals surface area contributed by atoms with E-state index in [0.29, 0.717) is 10.9 Å². The summed E-state index contributed by atoms with van der Waals surface area (Å²) in [7, 11) is 0. The first-order valence-corrected chi connectivity index (χ1v) is 10.9. The van der Waals surface area contributed by atoms with Crippen LogP contribution in [-0.4, -0.2) is 26.4 Å². The molecule has 1 N–H and O–H groups in total. The standard InChI is InChI=1S/C22H25ClN4OS/c1-14(2)12-27-21(17-8-10-18(23)11-9-17)25-26-22(27)29-13-19(28)24-20-15(3)6-5-7-16(20)4/h5-11,14H,12-13H2,1-4H3,(H,24,28). The molecule has 1 amide bonds. The van der Waals surface area contributed by atoms with Gasteiger partial charge in [-0.3, -0.25) is 4.79 Å². The Bertz CT molecular complexity index is 978. The molecule has 3 aromatic rings. The van der Waals surface area contributed by atoms with E-state index in [1.54, 1.807) is 0 Å². The average Bonchev–Trinajstić information content (AvgIpc) is 3.05. The van der Waals surface area contributed by atoms with Gasteiger partial charge in [0.05, 0.1) is 5.75 Å². The summed E-state index contributed by atoms with van der Waals surface area (Å²) in [6.07, 6.45) is 0. The Morgan fingerprint density at radius 2 is 1.76 bits per heavy atom. The van der Waals surface area contributed by atoms with Crippen LogP contribution >= 0.6 is 23.4 Å². The summed E-state index contributed by atoms with van der Waals surface area (Å²) in [6, 6.07) is 13.5. The molecule has 0 saturated carbocycles. The first-order valence-electron chi connectivity index (χ1n) is 9.53. The minimum atomic E-state index is -0.0560. The van der Waals surface area contributed by atoms with E-state index >= 15 is 0 Å². The number of para-hydroxylation sites is 1. The van der Waals surface area contributed by atoms with Gasteiger partial charge < -0.3 is 9.88 Å². The maximum Gasteiger partial charge on any atom is 0.234 e. The number of hydrogen-bond acceptors (Lipinski definition) is 4. The number of carbonyl (C=O) groups excluding carboxylic acids is 1. The van der Waals surface area contributed by atoms with Gasteiger partial charge in [-0.25, -0.2) is 0 Å². The number of benzene rings is 2. The third-order valence-corrected chi connectivity index (χ3v) is 5.66. The molecule has 7 heteroatoms. The highest BCUT2D eigenvalue weighted by molar-refractivity contribution is 7.99. The second-order valence-corrected chi connectivity index (χ2v) is 8.80. The highest BCUT2D eigenvalue weighted by Gasteiger charge is 2.17. The number of hydrogen-bond donors (Lipinski definition) is 1. The quantitative estimate of drug-likeness (QED) is 0.497. The van der Waals surface area contributed by atoms with Crippen LogP contribution in [0.5, 0.6) is 0 Å². The van der Waals surface area contributed by atoms with Crippen molar-refractivity contribution in [1.29, 1.82) is 0 Å². The van der Waals surface area contributed by atoms with Crippen LogP contribution in [-0.2, 0) is 11.3 Å². The van der Waals surface area contributed by atoms with E-state index in [1.807, 2.05) is 56.3 Å². The molecule has 29 heavy (non-hydrogen) atoms. The number of amides is 1. The van der Waals surface area contributed by atoms with E-state index in [9.17, 15) is 4.79 Å². The number of aromatic nitrogens is 3. The van der Waals surface area contributed by atoms with Crippen molar-refractivity contribution in [2.24, 2.45) is 5.92 Å². The monoisotopic (exact) mass is 428 g/mol. The minimum absolute atomic E-state index is 0.0560. The molecule has 0 radical (unpaired) electrons. The second-order valence-electron chi connectivity index (χ2n) is 7.42. The van der Waals surface area contributed by atoms with E-state index in [-0.39, 0.29) is 11.7 Å². The summed E-state index contributed by atoms with van der Waals surface area (Å²) in [5.41, 5.74) is 3.94.